The van der Waals surface area contributed by atoms with Crippen molar-refractivity contribution in [2.24, 2.45) is 17.3 Å². The van der Waals surface area contributed by atoms with Crippen molar-refractivity contribution >= 4 is 0 Å². The van der Waals surface area contributed by atoms with E-state index < -0.39 is 0 Å². The van der Waals surface area contributed by atoms with Crippen molar-refractivity contribution in [1.29, 1.82) is 0 Å². The summed E-state index contributed by atoms with van der Waals surface area (Å²) in [7, 11) is 0. The molecular formula is C16H32N2. The van der Waals surface area contributed by atoms with E-state index in [1.807, 2.05) is 0 Å². The Kier molecular flexibility index (Phi) is 4.71. The summed E-state index contributed by atoms with van der Waals surface area (Å²) < 4.78 is 0. The van der Waals surface area contributed by atoms with Gasteiger partial charge in [0, 0.05) is 6.04 Å². The molecule has 0 amide bonds. The maximum Gasteiger partial charge on any atom is 0.00385 e. The summed E-state index contributed by atoms with van der Waals surface area (Å²) in [6.45, 7) is 14.8. The number of hydrogen-bond acceptors (Lipinski definition) is 2. The fraction of sp³-hybridized carbons (Fsp3) is 1.00. The van der Waals surface area contributed by atoms with Gasteiger partial charge in [0.25, 0.3) is 0 Å². The molecule has 0 spiro atoms. The molecule has 2 aliphatic heterocycles. The number of rotatable bonds is 3. The second kappa shape index (κ2) is 5.92. The maximum absolute atomic E-state index is 3.50. The van der Waals surface area contributed by atoms with Gasteiger partial charge in [-0.05, 0) is 83.0 Å². The van der Waals surface area contributed by atoms with Gasteiger partial charge in [0.2, 0.25) is 0 Å². The van der Waals surface area contributed by atoms with Crippen molar-refractivity contribution in [2.75, 3.05) is 26.2 Å². The smallest absolute Gasteiger partial charge is 0.00385 e. The third-order valence-electron chi connectivity index (χ3n) is 5.70. The van der Waals surface area contributed by atoms with Crippen molar-refractivity contribution in [3.05, 3.63) is 0 Å². The average molecular weight is 252 g/mol. The molecule has 0 radical (unpaired) electrons. The van der Waals surface area contributed by atoms with Gasteiger partial charge < -0.3 is 10.2 Å². The zero-order valence-corrected chi connectivity index (χ0v) is 12.8. The van der Waals surface area contributed by atoms with Gasteiger partial charge in [0.1, 0.15) is 0 Å². The van der Waals surface area contributed by atoms with Crippen molar-refractivity contribution in [3.63, 3.8) is 0 Å². The van der Waals surface area contributed by atoms with Gasteiger partial charge in [-0.2, -0.15) is 0 Å². The molecule has 0 bridgehead atoms. The van der Waals surface area contributed by atoms with Gasteiger partial charge in [-0.25, -0.2) is 0 Å². The molecule has 2 heterocycles. The van der Waals surface area contributed by atoms with Crippen LogP contribution in [0.15, 0.2) is 0 Å². The minimum atomic E-state index is 0.547. The molecule has 0 unspecified atom stereocenters. The van der Waals surface area contributed by atoms with E-state index in [1.165, 1.54) is 51.9 Å². The summed E-state index contributed by atoms with van der Waals surface area (Å²) in [5, 5.41) is 3.50. The Balaban J connectivity index is 1.90. The summed E-state index contributed by atoms with van der Waals surface area (Å²) in [6, 6.07) is 0.730. The van der Waals surface area contributed by atoms with E-state index in [1.54, 1.807) is 0 Å². The lowest BCUT2D eigenvalue weighted by Crippen LogP contribution is -2.46. The highest BCUT2D eigenvalue weighted by Crippen LogP contribution is 2.44. The summed E-state index contributed by atoms with van der Waals surface area (Å²) in [5.74, 6) is 1.88. The van der Waals surface area contributed by atoms with Crippen LogP contribution < -0.4 is 5.32 Å². The summed E-state index contributed by atoms with van der Waals surface area (Å²) in [5.41, 5.74) is 0.547. The predicted octanol–water partition coefficient (Wildman–Crippen LogP) is 3.13. The molecule has 18 heavy (non-hydrogen) atoms. The lowest BCUT2D eigenvalue weighted by molar-refractivity contribution is 0.0309. The molecule has 2 rings (SSSR count). The SMILES string of the molecule is CC(C)N1CCC(C(C)(C)C2CCNCC2)CC1. The van der Waals surface area contributed by atoms with Crippen LogP contribution in [0.2, 0.25) is 0 Å². The summed E-state index contributed by atoms with van der Waals surface area (Å²) in [6.07, 6.45) is 5.60. The largest absolute Gasteiger partial charge is 0.317 e. The number of hydrogen-bond donors (Lipinski definition) is 1. The topological polar surface area (TPSA) is 15.3 Å². The van der Waals surface area contributed by atoms with Crippen LogP contribution in [0.4, 0.5) is 0 Å². The number of nitrogens with zero attached hydrogens (tertiary/aromatic N) is 1. The Hall–Kier alpha value is -0.0800. The molecule has 1 N–H and O–H groups in total. The van der Waals surface area contributed by atoms with E-state index in [0.29, 0.717) is 5.41 Å². The van der Waals surface area contributed by atoms with Crippen molar-refractivity contribution in [3.8, 4) is 0 Å². The van der Waals surface area contributed by atoms with Crippen LogP contribution in [0.3, 0.4) is 0 Å². The van der Waals surface area contributed by atoms with Crippen LogP contribution in [-0.4, -0.2) is 37.1 Å². The zero-order chi connectivity index (χ0) is 13.2. The van der Waals surface area contributed by atoms with Crippen molar-refractivity contribution < 1.29 is 0 Å². The van der Waals surface area contributed by atoms with Gasteiger partial charge in [0.05, 0.1) is 0 Å². The van der Waals surface area contributed by atoms with E-state index >= 15 is 0 Å². The van der Waals surface area contributed by atoms with Gasteiger partial charge in [-0.1, -0.05) is 13.8 Å². The van der Waals surface area contributed by atoms with Crippen LogP contribution in [-0.2, 0) is 0 Å². The Bertz CT molecular complexity index is 246. The fourth-order valence-electron chi connectivity index (χ4n) is 4.06. The zero-order valence-electron chi connectivity index (χ0n) is 12.8. The van der Waals surface area contributed by atoms with Gasteiger partial charge >= 0.3 is 0 Å². The molecule has 2 fully saturated rings. The molecule has 0 saturated carbocycles. The molecule has 0 aliphatic carbocycles. The molecule has 106 valence electrons. The van der Waals surface area contributed by atoms with Gasteiger partial charge in [-0.15, -0.1) is 0 Å². The molecule has 0 atom stereocenters. The Morgan fingerprint density at radius 3 is 1.94 bits per heavy atom. The lowest BCUT2D eigenvalue weighted by Gasteiger charge is -2.47. The maximum atomic E-state index is 3.50. The third kappa shape index (κ3) is 3.08. The lowest BCUT2D eigenvalue weighted by atomic mass is 9.63. The van der Waals surface area contributed by atoms with Crippen molar-refractivity contribution in [1.82, 2.24) is 10.2 Å². The molecule has 0 aromatic heterocycles. The molecule has 2 nitrogen and oxygen atoms in total. The minimum absolute atomic E-state index is 0.547. The first-order valence-electron chi connectivity index (χ1n) is 7.96. The van der Waals surface area contributed by atoms with E-state index in [2.05, 4.69) is 37.9 Å². The van der Waals surface area contributed by atoms with Crippen LogP contribution in [0.25, 0.3) is 0 Å². The van der Waals surface area contributed by atoms with Crippen LogP contribution in [0.5, 0.6) is 0 Å². The number of likely N-dealkylation sites (tertiary alicyclic amines) is 1. The second-order valence-corrected chi connectivity index (χ2v) is 7.25. The molecule has 2 aliphatic rings. The molecule has 2 saturated heterocycles. The first-order valence-corrected chi connectivity index (χ1v) is 7.96. The Morgan fingerprint density at radius 1 is 0.944 bits per heavy atom. The average Bonchev–Trinajstić information content (AvgIpc) is 2.40. The normalized spacial score (nSPS) is 25.8. The Morgan fingerprint density at radius 2 is 1.44 bits per heavy atom. The van der Waals surface area contributed by atoms with Crippen LogP contribution in [0.1, 0.15) is 53.4 Å². The molecule has 0 aromatic carbocycles. The standard InChI is InChI=1S/C16H32N2/c1-13(2)18-11-7-15(8-12-18)16(3,4)14-5-9-17-10-6-14/h13-15,17H,5-12H2,1-4H3. The second-order valence-electron chi connectivity index (χ2n) is 7.25. The van der Waals surface area contributed by atoms with Crippen LogP contribution >= 0.6 is 0 Å². The fourth-order valence-corrected chi connectivity index (χ4v) is 4.06. The Labute approximate surface area is 114 Å². The highest BCUT2D eigenvalue weighted by Gasteiger charge is 2.39. The van der Waals surface area contributed by atoms with Crippen molar-refractivity contribution in [2.45, 2.75) is 59.4 Å². The van der Waals surface area contributed by atoms with E-state index in [9.17, 15) is 0 Å². The first-order chi connectivity index (χ1) is 8.51. The number of nitrogens with one attached hydrogen (secondary N) is 1. The monoisotopic (exact) mass is 252 g/mol. The third-order valence-corrected chi connectivity index (χ3v) is 5.70. The highest BCUT2D eigenvalue weighted by molar-refractivity contribution is 4.90. The quantitative estimate of drug-likeness (QED) is 0.830. The van der Waals surface area contributed by atoms with Gasteiger partial charge in [0.15, 0.2) is 0 Å². The van der Waals surface area contributed by atoms with E-state index in [4.69, 9.17) is 0 Å². The summed E-state index contributed by atoms with van der Waals surface area (Å²) in [4.78, 5) is 2.65. The summed E-state index contributed by atoms with van der Waals surface area (Å²) >= 11 is 0. The molecule has 0 aromatic rings. The predicted molar refractivity (Wildman–Crippen MR) is 78.8 cm³/mol. The first kappa shape index (κ1) is 14.3. The van der Waals surface area contributed by atoms with Gasteiger partial charge in [-0.3, -0.25) is 0 Å². The minimum Gasteiger partial charge on any atom is -0.317 e. The molecular weight excluding hydrogens is 220 g/mol. The number of piperidine rings is 2. The van der Waals surface area contributed by atoms with E-state index in [-0.39, 0.29) is 0 Å². The van der Waals surface area contributed by atoms with Crippen LogP contribution in [0, 0.1) is 17.3 Å². The molecule has 2 heteroatoms. The highest BCUT2D eigenvalue weighted by atomic mass is 15.1. The van der Waals surface area contributed by atoms with E-state index in [0.717, 1.165) is 17.9 Å².